The number of hydrogen-bond donors (Lipinski definition) is 1. The van der Waals surface area contributed by atoms with Gasteiger partial charge < -0.3 is 5.32 Å². The first-order valence-corrected chi connectivity index (χ1v) is 8.72. The minimum atomic E-state index is 0.585. The van der Waals surface area contributed by atoms with Crippen LogP contribution in [0.5, 0.6) is 0 Å². The molecule has 0 spiro atoms. The van der Waals surface area contributed by atoms with Crippen molar-refractivity contribution in [3.05, 3.63) is 47.3 Å². The van der Waals surface area contributed by atoms with E-state index in [2.05, 4.69) is 54.3 Å². The standard InChI is InChI=1S/C17H23N3S/c1-3-8-18-9-14-10-20(19-13(14)2)11-15-12-21-17-7-5-4-6-16(15)17/h4-7,10,15,18H,3,8-9,11-12H2,1-2H3. The van der Waals surface area contributed by atoms with E-state index in [0.29, 0.717) is 5.92 Å². The number of aryl methyl sites for hydroxylation is 1. The summed E-state index contributed by atoms with van der Waals surface area (Å²) in [4.78, 5) is 1.44. The van der Waals surface area contributed by atoms with Gasteiger partial charge in [-0.05, 0) is 31.5 Å². The first-order chi connectivity index (χ1) is 10.3. The van der Waals surface area contributed by atoms with E-state index < -0.39 is 0 Å². The van der Waals surface area contributed by atoms with Gasteiger partial charge in [0.25, 0.3) is 0 Å². The average Bonchev–Trinajstić information content (AvgIpc) is 3.05. The van der Waals surface area contributed by atoms with Gasteiger partial charge in [-0.15, -0.1) is 11.8 Å². The highest BCUT2D eigenvalue weighted by Gasteiger charge is 2.23. The van der Waals surface area contributed by atoms with Crippen LogP contribution in [0.2, 0.25) is 0 Å². The van der Waals surface area contributed by atoms with Crippen LogP contribution in [0.15, 0.2) is 35.4 Å². The van der Waals surface area contributed by atoms with E-state index in [9.17, 15) is 0 Å². The molecule has 3 nitrogen and oxygen atoms in total. The predicted octanol–water partition coefficient (Wildman–Crippen LogP) is 3.58. The molecule has 1 N–H and O–H groups in total. The Hall–Kier alpha value is -1.26. The van der Waals surface area contributed by atoms with Crippen molar-refractivity contribution in [3.63, 3.8) is 0 Å². The van der Waals surface area contributed by atoms with Gasteiger partial charge in [0.2, 0.25) is 0 Å². The zero-order valence-electron chi connectivity index (χ0n) is 12.8. The van der Waals surface area contributed by atoms with E-state index in [-0.39, 0.29) is 0 Å². The molecule has 0 saturated carbocycles. The molecule has 112 valence electrons. The van der Waals surface area contributed by atoms with Gasteiger partial charge in [-0.25, -0.2) is 0 Å². The summed E-state index contributed by atoms with van der Waals surface area (Å²) in [6.07, 6.45) is 3.38. The molecule has 21 heavy (non-hydrogen) atoms. The summed E-state index contributed by atoms with van der Waals surface area (Å²) < 4.78 is 2.13. The van der Waals surface area contributed by atoms with Gasteiger partial charge in [0, 0.05) is 41.4 Å². The van der Waals surface area contributed by atoms with E-state index in [1.54, 1.807) is 0 Å². The molecule has 0 saturated heterocycles. The second-order valence-corrected chi connectivity index (χ2v) is 6.75. The molecule has 0 radical (unpaired) electrons. The van der Waals surface area contributed by atoms with Crippen molar-refractivity contribution in [3.8, 4) is 0 Å². The number of rotatable bonds is 6. The van der Waals surface area contributed by atoms with Gasteiger partial charge in [0.15, 0.2) is 0 Å². The Labute approximate surface area is 131 Å². The Balaban J connectivity index is 1.67. The van der Waals surface area contributed by atoms with E-state index in [1.165, 1.54) is 28.2 Å². The molecule has 4 heteroatoms. The predicted molar refractivity (Wildman–Crippen MR) is 88.9 cm³/mol. The molecule has 1 aliphatic heterocycles. The highest BCUT2D eigenvalue weighted by Crippen LogP contribution is 2.39. The van der Waals surface area contributed by atoms with Crippen molar-refractivity contribution in [2.75, 3.05) is 12.3 Å². The molecule has 1 atom stereocenters. The molecule has 0 fully saturated rings. The lowest BCUT2D eigenvalue weighted by molar-refractivity contribution is 0.546. The largest absolute Gasteiger partial charge is 0.313 e. The van der Waals surface area contributed by atoms with Crippen molar-refractivity contribution >= 4 is 11.8 Å². The van der Waals surface area contributed by atoms with E-state index >= 15 is 0 Å². The molecule has 1 aromatic heterocycles. The minimum absolute atomic E-state index is 0.585. The third-order valence-electron chi connectivity index (χ3n) is 4.00. The van der Waals surface area contributed by atoms with Gasteiger partial charge in [-0.1, -0.05) is 25.1 Å². The van der Waals surface area contributed by atoms with Crippen LogP contribution in [0.1, 0.15) is 36.1 Å². The maximum absolute atomic E-state index is 4.69. The smallest absolute Gasteiger partial charge is 0.0638 e. The average molecular weight is 301 g/mol. The normalized spacial score (nSPS) is 17.1. The first kappa shape index (κ1) is 14.7. The molecular formula is C17H23N3S. The molecular weight excluding hydrogens is 278 g/mol. The Bertz CT molecular complexity index is 606. The monoisotopic (exact) mass is 301 g/mol. The summed E-state index contributed by atoms with van der Waals surface area (Å²) in [6.45, 7) is 7.28. The zero-order valence-corrected chi connectivity index (χ0v) is 13.6. The third-order valence-corrected chi connectivity index (χ3v) is 5.25. The minimum Gasteiger partial charge on any atom is -0.313 e. The molecule has 1 aliphatic rings. The second-order valence-electron chi connectivity index (χ2n) is 5.68. The van der Waals surface area contributed by atoms with Crippen LogP contribution in [-0.4, -0.2) is 22.1 Å². The fraction of sp³-hybridized carbons (Fsp3) is 0.471. The molecule has 0 amide bonds. The fourth-order valence-corrected chi connectivity index (χ4v) is 4.07. The zero-order chi connectivity index (χ0) is 14.7. The number of benzene rings is 1. The Morgan fingerprint density at radius 3 is 3.10 bits per heavy atom. The maximum Gasteiger partial charge on any atom is 0.0638 e. The van der Waals surface area contributed by atoms with E-state index in [4.69, 9.17) is 5.10 Å². The lowest BCUT2D eigenvalue weighted by atomic mass is 10.0. The quantitative estimate of drug-likeness (QED) is 0.827. The van der Waals surface area contributed by atoms with Crippen LogP contribution >= 0.6 is 11.8 Å². The first-order valence-electron chi connectivity index (χ1n) is 7.73. The molecule has 1 unspecified atom stereocenters. The van der Waals surface area contributed by atoms with Gasteiger partial charge in [-0.2, -0.15) is 5.10 Å². The number of hydrogen-bond acceptors (Lipinski definition) is 3. The maximum atomic E-state index is 4.69. The Morgan fingerprint density at radius 2 is 2.24 bits per heavy atom. The van der Waals surface area contributed by atoms with Crippen molar-refractivity contribution in [1.82, 2.24) is 15.1 Å². The molecule has 0 aliphatic carbocycles. The molecule has 2 heterocycles. The number of nitrogens with zero attached hydrogens (tertiary/aromatic N) is 2. The molecule has 3 rings (SSSR count). The highest BCUT2D eigenvalue weighted by molar-refractivity contribution is 7.99. The number of thioether (sulfide) groups is 1. The van der Waals surface area contributed by atoms with Crippen LogP contribution in [0.3, 0.4) is 0 Å². The van der Waals surface area contributed by atoms with Crippen molar-refractivity contribution in [2.24, 2.45) is 0 Å². The summed E-state index contributed by atoms with van der Waals surface area (Å²) in [6, 6.07) is 8.77. The van der Waals surface area contributed by atoms with Gasteiger partial charge in [0.1, 0.15) is 0 Å². The lowest BCUT2D eigenvalue weighted by Gasteiger charge is -2.10. The van der Waals surface area contributed by atoms with Crippen molar-refractivity contribution in [2.45, 2.75) is 44.2 Å². The number of aromatic nitrogens is 2. The lowest BCUT2D eigenvalue weighted by Crippen LogP contribution is -2.14. The van der Waals surface area contributed by atoms with Gasteiger partial charge in [0.05, 0.1) is 5.69 Å². The van der Waals surface area contributed by atoms with Crippen LogP contribution < -0.4 is 5.32 Å². The molecule has 1 aromatic carbocycles. The summed E-state index contributed by atoms with van der Waals surface area (Å²) in [5, 5.41) is 8.15. The van der Waals surface area contributed by atoms with E-state index in [0.717, 1.165) is 25.3 Å². The fourth-order valence-electron chi connectivity index (χ4n) is 2.83. The van der Waals surface area contributed by atoms with Crippen LogP contribution in [-0.2, 0) is 13.1 Å². The summed E-state index contributed by atoms with van der Waals surface area (Å²) in [7, 11) is 0. The van der Waals surface area contributed by atoms with Crippen molar-refractivity contribution in [1.29, 1.82) is 0 Å². The van der Waals surface area contributed by atoms with Crippen molar-refractivity contribution < 1.29 is 0 Å². The topological polar surface area (TPSA) is 29.9 Å². The number of nitrogens with one attached hydrogen (secondary N) is 1. The Kier molecular flexibility index (Phi) is 4.66. The summed E-state index contributed by atoms with van der Waals surface area (Å²) in [5.41, 5.74) is 3.96. The van der Waals surface area contributed by atoms with Gasteiger partial charge >= 0.3 is 0 Å². The van der Waals surface area contributed by atoms with Crippen LogP contribution in [0, 0.1) is 6.92 Å². The SMILES string of the molecule is CCCNCc1cn(CC2CSc3ccccc32)nc1C. The highest BCUT2D eigenvalue weighted by atomic mass is 32.2. The summed E-state index contributed by atoms with van der Waals surface area (Å²) in [5.74, 6) is 1.75. The van der Waals surface area contributed by atoms with Gasteiger partial charge in [-0.3, -0.25) is 4.68 Å². The second kappa shape index (κ2) is 6.67. The van der Waals surface area contributed by atoms with Crippen LogP contribution in [0.25, 0.3) is 0 Å². The summed E-state index contributed by atoms with van der Waals surface area (Å²) >= 11 is 1.97. The number of fused-ring (bicyclic) bond motifs is 1. The van der Waals surface area contributed by atoms with Crippen LogP contribution in [0.4, 0.5) is 0 Å². The van der Waals surface area contributed by atoms with E-state index in [1.807, 2.05) is 11.8 Å². The molecule has 2 aromatic rings. The molecule has 0 bridgehead atoms. The third kappa shape index (κ3) is 3.33. The Morgan fingerprint density at radius 1 is 1.38 bits per heavy atom.